The van der Waals surface area contributed by atoms with E-state index in [1.54, 1.807) is 11.8 Å². The lowest BCUT2D eigenvalue weighted by Crippen LogP contribution is -2.25. The highest BCUT2D eigenvalue weighted by atomic mass is 35.5. The molecule has 0 bridgehead atoms. The minimum atomic E-state index is 0.122. The molecule has 2 aromatic rings. The summed E-state index contributed by atoms with van der Waals surface area (Å²) in [5, 5.41) is 0.737. The Kier molecular flexibility index (Phi) is 5.85. The third-order valence-electron chi connectivity index (χ3n) is 3.22. The van der Waals surface area contributed by atoms with Gasteiger partial charge in [0.25, 0.3) is 0 Å². The van der Waals surface area contributed by atoms with Gasteiger partial charge in [-0.15, -0.1) is 11.8 Å². The van der Waals surface area contributed by atoms with E-state index in [0.717, 1.165) is 21.0 Å². The lowest BCUT2D eigenvalue weighted by atomic mass is 10.1. The van der Waals surface area contributed by atoms with Crippen LogP contribution in [0.25, 0.3) is 0 Å². The summed E-state index contributed by atoms with van der Waals surface area (Å²) >= 11 is 7.81. The van der Waals surface area contributed by atoms with Crippen LogP contribution in [0.5, 0.6) is 0 Å². The number of likely N-dealkylation sites (N-methyl/N-ethyl adjacent to an activating group) is 1. The molecule has 0 saturated heterocycles. The Bertz CT molecular complexity index is 612. The van der Waals surface area contributed by atoms with Crippen molar-refractivity contribution < 1.29 is 4.79 Å². The van der Waals surface area contributed by atoms with Crippen molar-refractivity contribution in [2.75, 3.05) is 19.8 Å². The summed E-state index contributed by atoms with van der Waals surface area (Å²) in [6.07, 6.45) is 2.02. The van der Waals surface area contributed by atoms with Crippen molar-refractivity contribution in [1.82, 2.24) is 4.90 Å². The molecular weight excluding hydrogens is 302 g/mol. The van der Waals surface area contributed by atoms with Gasteiger partial charge in [0.1, 0.15) is 0 Å². The Morgan fingerprint density at radius 3 is 2.43 bits per heavy atom. The fourth-order valence-electron chi connectivity index (χ4n) is 2.09. The molecule has 0 N–H and O–H groups in total. The lowest BCUT2D eigenvalue weighted by Gasteiger charge is -2.16. The summed E-state index contributed by atoms with van der Waals surface area (Å²) in [7, 11) is 1.93. The standard InChI is InChI=1S/C17H18ClNOS/c1-19(11-14-5-3-4-6-16(14)18)12-17(20)13-7-9-15(21-2)10-8-13/h3-10H,11-12H2,1-2H3. The van der Waals surface area contributed by atoms with Gasteiger partial charge in [-0.25, -0.2) is 0 Å². The first kappa shape index (κ1) is 16.1. The molecule has 110 valence electrons. The molecule has 0 unspecified atom stereocenters. The zero-order chi connectivity index (χ0) is 15.2. The number of benzene rings is 2. The molecule has 2 rings (SSSR count). The maximum absolute atomic E-state index is 12.2. The SMILES string of the molecule is CSc1ccc(C(=O)CN(C)Cc2ccccc2Cl)cc1. The zero-order valence-corrected chi connectivity index (χ0v) is 13.7. The fourth-order valence-corrected chi connectivity index (χ4v) is 2.69. The summed E-state index contributed by atoms with van der Waals surface area (Å²) in [5.41, 5.74) is 1.78. The highest BCUT2D eigenvalue weighted by Gasteiger charge is 2.11. The normalized spacial score (nSPS) is 10.9. The van der Waals surface area contributed by atoms with Gasteiger partial charge in [-0.2, -0.15) is 0 Å². The summed E-state index contributed by atoms with van der Waals surface area (Å²) < 4.78 is 0. The van der Waals surface area contributed by atoms with Crippen LogP contribution < -0.4 is 0 Å². The van der Waals surface area contributed by atoms with E-state index < -0.39 is 0 Å². The number of thioether (sulfide) groups is 1. The van der Waals surface area contributed by atoms with Gasteiger partial charge in [-0.05, 0) is 37.1 Å². The molecule has 0 aliphatic rings. The van der Waals surface area contributed by atoms with Gasteiger partial charge < -0.3 is 0 Å². The highest BCUT2D eigenvalue weighted by Crippen LogP contribution is 2.17. The van der Waals surface area contributed by atoms with E-state index in [4.69, 9.17) is 11.6 Å². The number of carbonyl (C=O) groups excluding carboxylic acids is 1. The van der Waals surface area contributed by atoms with Gasteiger partial charge in [0.05, 0.1) is 6.54 Å². The predicted octanol–water partition coefficient (Wildman–Crippen LogP) is 4.38. The van der Waals surface area contributed by atoms with Crippen molar-refractivity contribution in [3.05, 3.63) is 64.7 Å². The van der Waals surface area contributed by atoms with Gasteiger partial charge in [-0.1, -0.05) is 41.9 Å². The molecule has 0 saturated carbocycles. The Hall–Kier alpha value is -1.29. The van der Waals surface area contributed by atoms with Crippen LogP contribution in [0, 0.1) is 0 Å². The van der Waals surface area contributed by atoms with Gasteiger partial charge in [-0.3, -0.25) is 9.69 Å². The number of hydrogen-bond donors (Lipinski definition) is 0. The number of Topliss-reactive ketones (excluding diaryl/α,β-unsaturated/α-hetero) is 1. The number of rotatable bonds is 6. The van der Waals surface area contributed by atoms with Crippen molar-refractivity contribution >= 4 is 29.1 Å². The quantitative estimate of drug-likeness (QED) is 0.582. The first-order valence-electron chi connectivity index (χ1n) is 6.69. The number of nitrogens with zero attached hydrogens (tertiary/aromatic N) is 1. The maximum Gasteiger partial charge on any atom is 0.176 e. The second kappa shape index (κ2) is 7.64. The summed E-state index contributed by atoms with van der Waals surface area (Å²) in [4.78, 5) is 15.4. The smallest absolute Gasteiger partial charge is 0.176 e. The van der Waals surface area contributed by atoms with Crippen LogP contribution in [0.1, 0.15) is 15.9 Å². The fraction of sp³-hybridized carbons (Fsp3) is 0.235. The van der Waals surface area contributed by atoms with E-state index in [0.29, 0.717) is 13.1 Å². The molecule has 0 radical (unpaired) electrons. The Labute approximate surface area is 135 Å². The second-order valence-electron chi connectivity index (χ2n) is 4.92. The number of hydrogen-bond acceptors (Lipinski definition) is 3. The molecule has 4 heteroatoms. The molecule has 0 heterocycles. The first-order valence-corrected chi connectivity index (χ1v) is 8.29. The Morgan fingerprint density at radius 2 is 1.81 bits per heavy atom. The zero-order valence-electron chi connectivity index (χ0n) is 12.2. The molecule has 2 nitrogen and oxygen atoms in total. The second-order valence-corrected chi connectivity index (χ2v) is 6.20. The lowest BCUT2D eigenvalue weighted by molar-refractivity contribution is 0.0943. The number of halogens is 1. The molecule has 0 amide bonds. The van der Waals surface area contributed by atoms with Gasteiger partial charge >= 0.3 is 0 Å². The number of carbonyl (C=O) groups is 1. The van der Waals surface area contributed by atoms with Crippen LogP contribution in [0.3, 0.4) is 0 Å². The minimum absolute atomic E-state index is 0.122. The topological polar surface area (TPSA) is 20.3 Å². The molecule has 0 atom stereocenters. The minimum Gasteiger partial charge on any atom is -0.295 e. The third kappa shape index (κ3) is 4.60. The van der Waals surface area contributed by atoms with Gasteiger partial charge in [0.2, 0.25) is 0 Å². The molecule has 0 aliphatic heterocycles. The Balaban J connectivity index is 1.97. The Morgan fingerprint density at radius 1 is 1.14 bits per heavy atom. The van der Waals surface area contributed by atoms with Crippen molar-refractivity contribution in [1.29, 1.82) is 0 Å². The molecule has 21 heavy (non-hydrogen) atoms. The van der Waals surface area contributed by atoms with Crippen LogP contribution in [0.15, 0.2) is 53.4 Å². The monoisotopic (exact) mass is 319 g/mol. The summed E-state index contributed by atoms with van der Waals surface area (Å²) in [6.45, 7) is 1.04. The van der Waals surface area contributed by atoms with Gasteiger partial charge in [0, 0.05) is 22.0 Å². The predicted molar refractivity (Wildman–Crippen MR) is 90.3 cm³/mol. The van der Waals surface area contributed by atoms with Crippen molar-refractivity contribution in [2.45, 2.75) is 11.4 Å². The van der Waals surface area contributed by atoms with Gasteiger partial charge in [0.15, 0.2) is 5.78 Å². The molecule has 0 aromatic heterocycles. The van der Waals surface area contributed by atoms with Crippen LogP contribution in [-0.2, 0) is 6.54 Å². The maximum atomic E-state index is 12.2. The van der Waals surface area contributed by atoms with Crippen molar-refractivity contribution in [2.24, 2.45) is 0 Å². The van der Waals surface area contributed by atoms with E-state index >= 15 is 0 Å². The highest BCUT2D eigenvalue weighted by molar-refractivity contribution is 7.98. The largest absolute Gasteiger partial charge is 0.295 e. The molecule has 0 fully saturated rings. The van der Waals surface area contributed by atoms with E-state index in [1.807, 2.05) is 66.7 Å². The van der Waals surface area contributed by atoms with E-state index in [-0.39, 0.29) is 5.78 Å². The molecule has 2 aromatic carbocycles. The van der Waals surface area contributed by atoms with E-state index in [1.165, 1.54) is 0 Å². The summed E-state index contributed by atoms with van der Waals surface area (Å²) in [6, 6.07) is 15.4. The van der Waals surface area contributed by atoms with Crippen molar-refractivity contribution in [3.8, 4) is 0 Å². The molecular formula is C17H18ClNOS. The van der Waals surface area contributed by atoms with Crippen LogP contribution >= 0.6 is 23.4 Å². The van der Waals surface area contributed by atoms with Crippen LogP contribution in [0.2, 0.25) is 5.02 Å². The van der Waals surface area contributed by atoms with E-state index in [2.05, 4.69) is 0 Å². The number of ketones is 1. The third-order valence-corrected chi connectivity index (χ3v) is 4.34. The van der Waals surface area contributed by atoms with E-state index in [9.17, 15) is 4.79 Å². The molecule has 0 aliphatic carbocycles. The van der Waals surface area contributed by atoms with Crippen molar-refractivity contribution in [3.63, 3.8) is 0 Å². The van der Waals surface area contributed by atoms with Crippen LogP contribution in [-0.4, -0.2) is 30.5 Å². The first-order chi connectivity index (χ1) is 10.1. The molecule has 0 spiro atoms. The van der Waals surface area contributed by atoms with Crippen LogP contribution in [0.4, 0.5) is 0 Å². The summed E-state index contributed by atoms with van der Waals surface area (Å²) in [5.74, 6) is 0.122. The average Bonchev–Trinajstić information content (AvgIpc) is 2.49. The average molecular weight is 320 g/mol.